The highest BCUT2D eigenvalue weighted by Crippen LogP contribution is 2.11. The van der Waals surface area contributed by atoms with Gasteiger partial charge in [0.05, 0.1) is 18.3 Å². The van der Waals surface area contributed by atoms with Gasteiger partial charge in [0.25, 0.3) is 11.8 Å². The van der Waals surface area contributed by atoms with Gasteiger partial charge in [-0.1, -0.05) is 0 Å². The van der Waals surface area contributed by atoms with Crippen molar-refractivity contribution in [3.8, 4) is 0 Å². The van der Waals surface area contributed by atoms with Crippen LogP contribution >= 0.6 is 0 Å². The molecule has 0 radical (unpaired) electrons. The highest BCUT2D eigenvalue weighted by Gasteiger charge is 2.24. The van der Waals surface area contributed by atoms with Gasteiger partial charge in [-0.15, -0.1) is 0 Å². The van der Waals surface area contributed by atoms with Crippen molar-refractivity contribution in [1.82, 2.24) is 25.3 Å². The number of carbonyl (C=O) groups excluding carboxylic acids is 3. The Kier molecular flexibility index (Phi) is 6.03. The van der Waals surface area contributed by atoms with Crippen LogP contribution in [0.25, 0.3) is 0 Å². The molecule has 0 atom stereocenters. The van der Waals surface area contributed by atoms with Crippen LogP contribution in [0.3, 0.4) is 0 Å². The Morgan fingerprint density at radius 2 is 1.79 bits per heavy atom. The Bertz CT molecular complexity index is 857. The molecule has 0 unspecified atom stereocenters. The maximum Gasteiger partial charge on any atom is 0.254 e. The molecule has 1 aliphatic rings. The first-order valence-electron chi connectivity index (χ1n) is 9.03. The Balaban J connectivity index is 1.41. The van der Waals surface area contributed by atoms with E-state index < -0.39 is 11.7 Å². The van der Waals surface area contributed by atoms with Crippen LogP contribution in [0.15, 0.2) is 36.7 Å². The summed E-state index contributed by atoms with van der Waals surface area (Å²) in [5, 5.41) is 9.48. The van der Waals surface area contributed by atoms with Gasteiger partial charge in [0.15, 0.2) is 0 Å². The number of amides is 3. The van der Waals surface area contributed by atoms with E-state index in [1.54, 1.807) is 22.8 Å². The third-order valence-corrected chi connectivity index (χ3v) is 4.66. The fourth-order valence-corrected chi connectivity index (χ4v) is 3.05. The molecule has 8 nitrogen and oxygen atoms in total. The van der Waals surface area contributed by atoms with Crippen LogP contribution in [0.4, 0.5) is 4.39 Å². The average Bonchev–Trinajstić information content (AvgIpc) is 3.13. The lowest BCUT2D eigenvalue weighted by Crippen LogP contribution is -2.49. The van der Waals surface area contributed by atoms with Crippen molar-refractivity contribution in [2.24, 2.45) is 7.05 Å². The number of carbonyl (C=O) groups is 3. The Morgan fingerprint density at radius 1 is 1.11 bits per heavy atom. The molecule has 1 aromatic carbocycles. The molecule has 9 heteroatoms. The van der Waals surface area contributed by atoms with E-state index >= 15 is 0 Å². The summed E-state index contributed by atoms with van der Waals surface area (Å²) in [4.78, 5) is 38.1. The Hall–Kier alpha value is -3.23. The van der Waals surface area contributed by atoms with Gasteiger partial charge >= 0.3 is 0 Å². The Morgan fingerprint density at radius 3 is 2.39 bits per heavy atom. The molecule has 1 aliphatic heterocycles. The summed E-state index contributed by atoms with van der Waals surface area (Å²) in [6.45, 7) is 0.884. The molecule has 2 aromatic rings. The van der Waals surface area contributed by atoms with Gasteiger partial charge in [-0.3, -0.25) is 19.1 Å². The Labute approximate surface area is 161 Å². The van der Waals surface area contributed by atoms with Gasteiger partial charge in [-0.05, 0) is 37.1 Å². The van der Waals surface area contributed by atoms with Crippen LogP contribution in [0.2, 0.25) is 0 Å². The zero-order valence-electron chi connectivity index (χ0n) is 15.5. The second kappa shape index (κ2) is 8.64. The lowest BCUT2D eigenvalue weighted by atomic mass is 10.0. The predicted octanol–water partition coefficient (Wildman–Crippen LogP) is 0.710. The number of benzene rings is 1. The van der Waals surface area contributed by atoms with E-state index in [0.717, 1.165) is 0 Å². The molecule has 1 aromatic heterocycles. The number of aromatic nitrogens is 2. The molecule has 3 amide bonds. The van der Waals surface area contributed by atoms with Gasteiger partial charge in [-0.25, -0.2) is 4.39 Å². The molecule has 1 saturated heterocycles. The second-order valence-electron chi connectivity index (χ2n) is 6.72. The van der Waals surface area contributed by atoms with Crippen LogP contribution in [-0.4, -0.2) is 58.1 Å². The summed E-state index contributed by atoms with van der Waals surface area (Å²) in [6.07, 6.45) is 4.45. The predicted molar refractivity (Wildman–Crippen MR) is 99.0 cm³/mol. The summed E-state index contributed by atoms with van der Waals surface area (Å²) < 4.78 is 14.5. The van der Waals surface area contributed by atoms with Crippen LogP contribution in [0, 0.1) is 5.82 Å². The van der Waals surface area contributed by atoms with Crippen molar-refractivity contribution in [2.45, 2.75) is 18.9 Å². The summed E-state index contributed by atoms with van der Waals surface area (Å²) in [5.41, 5.74) is 0.801. The molecule has 28 heavy (non-hydrogen) atoms. The van der Waals surface area contributed by atoms with Crippen molar-refractivity contribution in [1.29, 1.82) is 0 Å². The molecule has 0 bridgehead atoms. The number of nitrogens with one attached hydrogen (secondary N) is 2. The first-order valence-corrected chi connectivity index (χ1v) is 9.03. The summed E-state index contributed by atoms with van der Waals surface area (Å²) in [7, 11) is 1.75. The number of hydrogen-bond acceptors (Lipinski definition) is 4. The zero-order chi connectivity index (χ0) is 20.1. The van der Waals surface area contributed by atoms with Crippen LogP contribution in [0.5, 0.6) is 0 Å². The van der Waals surface area contributed by atoms with E-state index in [1.165, 1.54) is 30.5 Å². The van der Waals surface area contributed by atoms with Gasteiger partial charge < -0.3 is 15.5 Å². The summed E-state index contributed by atoms with van der Waals surface area (Å²) in [6, 6.07) is 5.12. The highest BCUT2D eigenvalue weighted by molar-refractivity contribution is 5.96. The smallest absolute Gasteiger partial charge is 0.254 e. The third-order valence-electron chi connectivity index (χ3n) is 4.66. The lowest BCUT2D eigenvalue weighted by molar-refractivity contribution is -0.131. The SMILES string of the molecule is Cn1cc(C(=O)NC2CCN(C(=O)CNC(=O)c3ccc(F)cc3)CC2)cn1. The monoisotopic (exact) mass is 387 g/mol. The van der Waals surface area contributed by atoms with Crippen molar-refractivity contribution in [2.75, 3.05) is 19.6 Å². The van der Waals surface area contributed by atoms with Gasteiger partial charge in [0.1, 0.15) is 5.82 Å². The standard InChI is InChI=1S/C19H22FN5O3/c1-24-12-14(10-22-24)19(28)23-16-6-8-25(9-7-16)17(26)11-21-18(27)13-2-4-15(20)5-3-13/h2-5,10,12,16H,6-9,11H2,1H3,(H,21,27)(H,23,28). The topological polar surface area (TPSA) is 96.3 Å². The minimum atomic E-state index is -0.425. The van der Waals surface area contributed by atoms with Gasteiger partial charge in [0, 0.05) is 37.9 Å². The zero-order valence-corrected chi connectivity index (χ0v) is 15.5. The molecular formula is C19H22FN5O3. The molecule has 2 heterocycles. The molecule has 2 N–H and O–H groups in total. The largest absolute Gasteiger partial charge is 0.349 e. The highest BCUT2D eigenvalue weighted by atomic mass is 19.1. The number of hydrogen-bond donors (Lipinski definition) is 2. The molecular weight excluding hydrogens is 365 g/mol. The quantitative estimate of drug-likeness (QED) is 0.790. The van der Waals surface area contributed by atoms with E-state index in [0.29, 0.717) is 37.1 Å². The fourth-order valence-electron chi connectivity index (χ4n) is 3.05. The number of aryl methyl sites for hydroxylation is 1. The minimum Gasteiger partial charge on any atom is -0.349 e. The third kappa shape index (κ3) is 4.93. The first-order chi connectivity index (χ1) is 13.4. The lowest BCUT2D eigenvalue weighted by Gasteiger charge is -2.32. The summed E-state index contributed by atoms with van der Waals surface area (Å²) in [5.74, 6) is -1.21. The number of piperidine rings is 1. The van der Waals surface area contributed by atoms with Gasteiger partial charge in [0.2, 0.25) is 5.91 Å². The average molecular weight is 387 g/mol. The van der Waals surface area contributed by atoms with Crippen molar-refractivity contribution >= 4 is 17.7 Å². The molecule has 0 saturated carbocycles. The van der Waals surface area contributed by atoms with Crippen molar-refractivity contribution < 1.29 is 18.8 Å². The summed E-state index contributed by atoms with van der Waals surface area (Å²) >= 11 is 0. The normalized spacial score (nSPS) is 14.6. The van der Waals surface area contributed by atoms with E-state index in [4.69, 9.17) is 0 Å². The van der Waals surface area contributed by atoms with Crippen LogP contribution < -0.4 is 10.6 Å². The van der Waals surface area contributed by atoms with Gasteiger partial charge in [-0.2, -0.15) is 5.10 Å². The van der Waals surface area contributed by atoms with Crippen molar-refractivity contribution in [3.63, 3.8) is 0 Å². The maximum atomic E-state index is 12.9. The minimum absolute atomic E-state index is 0.00874. The first kappa shape index (κ1) is 19.5. The molecule has 3 rings (SSSR count). The van der Waals surface area contributed by atoms with E-state index in [9.17, 15) is 18.8 Å². The molecule has 1 fully saturated rings. The maximum absolute atomic E-state index is 12.9. The molecule has 148 valence electrons. The van der Waals surface area contributed by atoms with E-state index in [2.05, 4.69) is 15.7 Å². The molecule has 0 aliphatic carbocycles. The number of halogens is 1. The number of likely N-dealkylation sites (tertiary alicyclic amines) is 1. The van der Waals surface area contributed by atoms with E-state index in [-0.39, 0.29) is 24.4 Å². The van der Waals surface area contributed by atoms with Crippen LogP contribution in [-0.2, 0) is 11.8 Å². The second-order valence-corrected chi connectivity index (χ2v) is 6.72. The van der Waals surface area contributed by atoms with E-state index in [1.807, 2.05) is 0 Å². The fraction of sp³-hybridized carbons (Fsp3) is 0.368. The number of nitrogens with zero attached hydrogens (tertiary/aromatic N) is 3. The van der Waals surface area contributed by atoms with Crippen LogP contribution in [0.1, 0.15) is 33.6 Å². The molecule has 0 spiro atoms. The number of rotatable bonds is 5. The van der Waals surface area contributed by atoms with Crippen molar-refractivity contribution in [3.05, 3.63) is 53.6 Å².